The van der Waals surface area contributed by atoms with E-state index in [2.05, 4.69) is 0 Å². The molecule has 4 nitrogen and oxygen atoms in total. The van der Waals surface area contributed by atoms with Crippen molar-refractivity contribution in [3.05, 3.63) is 24.3 Å². The monoisotopic (exact) mass is 250 g/mol. The molecule has 4 heteroatoms. The van der Waals surface area contributed by atoms with E-state index in [0.29, 0.717) is 30.9 Å². The summed E-state index contributed by atoms with van der Waals surface area (Å²) < 4.78 is 11.1. The number of hydrogen-bond acceptors (Lipinski definition) is 3. The first-order chi connectivity index (χ1) is 8.66. The van der Waals surface area contributed by atoms with E-state index >= 15 is 0 Å². The predicted octanol–water partition coefficient (Wildman–Crippen LogP) is 2.86. The Kier molecular flexibility index (Phi) is 3.75. The fraction of sp³-hybridized carbons (Fsp3) is 0.500. The number of hydrogen-bond donors (Lipinski definition) is 1. The largest absolute Gasteiger partial charge is 0.494 e. The van der Waals surface area contributed by atoms with Crippen molar-refractivity contribution in [2.24, 2.45) is 0 Å². The molecule has 2 rings (SSSR count). The number of ether oxygens (including phenoxy) is 2. The van der Waals surface area contributed by atoms with Gasteiger partial charge < -0.3 is 14.6 Å². The quantitative estimate of drug-likeness (QED) is 0.873. The van der Waals surface area contributed by atoms with E-state index in [-0.39, 0.29) is 0 Å². The Hall–Kier alpha value is -1.71. The highest BCUT2D eigenvalue weighted by Crippen LogP contribution is 2.35. The van der Waals surface area contributed by atoms with Crippen molar-refractivity contribution in [3.63, 3.8) is 0 Å². The molecule has 0 aliphatic heterocycles. The third-order valence-electron chi connectivity index (χ3n) is 3.23. The van der Waals surface area contributed by atoms with Crippen LogP contribution < -0.4 is 9.47 Å². The minimum atomic E-state index is -1.05. The summed E-state index contributed by atoms with van der Waals surface area (Å²) >= 11 is 0. The standard InChI is InChI=1S/C14H18O4/c1-2-17-11-6-5-7-12(10-11)18-14(13(15)16)8-3-4-9-14/h5-7,10H,2-4,8-9H2,1H3,(H,15,16). The molecule has 0 atom stereocenters. The number of carboxylic acid groups (broad SMARTS) is 1. The molecule has 0 radical (unpaired) electrons. The molecule has 0 amide bonds. The van der Waals surface area contributed by atoms with Crippen LogP contribution in [0.25, 0.3) is 0 Å². The second kappa shape index (κ2) is 5.29. The molecular formula is C14H18O4. The maximum atomic E-state index is 11.4. The van der Waals surface area contributed by atoms with Crippen LogP contribution in [0.15, 0.2) is 24.3 Å². The fourth-order valence-electron chi connectivity index (χ4n) is 2.33. The molecule has 98 valence electrons. The van der Waals surface area contributed by atoms with Crippen LogP contribution in [0.1, 0.15) is 32.6 Å². The minimum absolute atomic E-state index is 0.560. The normalized spacial score (nSPS) is 17.4. The number of aliphatic carboxylic acids is 1. The molecule has 0 bridgehead atoms. The summed E-state index contributed by atoms with van der Waals surface area (Å²) in [4.78, 5) is 11.4. The van der Waals surface area contributed by atoms with Crippen molar-refractivity contribution in [2.45, 2.75) is 38.2 Å². The van der Waals surface area contributed by atoms with Gasteiger partial charge in [-0.3, -0.25) is 0 Å². The van der Waals surface area contributed by atoms with E-state index in [9.17, 15) is 9.90 Å². The zero-order valence-corrected chi connectivity index (χ0v) is 10.5. The van der Waals surface area contributed by atoms with E-state index in [1.165, 1.54) is 0 Å². The van der Waals surface area contributed by atoms with Crippen LogP contribution in [0.2, 0.25) is 0 Å². The molecule has 1 aromatic carbocycles. The minimum Gasteiger partial charge on any atom is -0.494 e. The molecule has 1 fully saturated rings. The summed E-state index contributed by atoms with van der Waals surface area (Å²) in [5.74, 6) is 0.389. The fourth-order valence-corrected chi connectivity index (χ4v) is 2.33. The van der Waals surface area contributed by atoms with Crippen molar-refractivity contribution in [3.8, 4) is 11.5 Å². The lowest BCUT2D eigenvalue weighted by Crippen LogP contribution is -2.41. The first kappa shape index (κ1) is 12.7. The topological polar surface area (TPSA) is 55.8 Å². The highest BCUT2D eigenvalue weighted by Gasteiger charge is 2.43. The van der Waals surface area contributed by atoms with Gasteiger partial charge in [0.05, 0.1) is 6.61 Å². The summed E-state index contributed by atoms with van der Waals surface area (Å²) in [5, 5.41) is 9.34. The Morgan fingerprint density at radius 3 is 2.61 bits per heavy atom. The van der Waals surface area contributed by atoms with E-state index < -0.39 is 11.6 Å². The Balaban J connectivity index is 2.16. The lowest BCUT2D eigenvalue weighted by molar-refractivity contribution is -0.154. The van der Waals surface area contributed by atoms with Gasteiger partial charge in [0.1, 0.15) is 11.5 Å². The Morgan fingerprint density at radius 2 is 2.00 bits per heavy atom. The van der Waals surface area contributed by atoms with Crippen molar-refractivity contribution < 1.29 is 19.4 Å². The predicted molar refractivity (Wildman–Crippen MR) is 67.1 cm³/mol. The average molecular weight is 250 g/mol. The van der Waals surface area contributed by atoms with Gasteiger partial charge in [0.15, 0.2) is 0 Å². The van der Waals surface area contributed by atoms with Gasteiger partial charge in [0.2, 0.25) is 5.60 Å². The molecule has 0 heterocycles. The molecule has 18 heavy (non-hydrogen) atoms. The highest BCUT2D eigenvalue weighted by molar-refractivity contribution is 5.78. The number of carboxylic acids is 1. The number of rotatable bonds is 5. The molecule has 0 unspecified atom stereocenters. The SMILES string of the molecule is CCOc1cccc(OC2(C(=O)O)CCCC2)c1. The first-order valence-corrected chi connectivity index (χ1v) is 6.31. The van der Waals surface area contributed by atoms with E-state index in [4.69, 9.17) is 9.47 Å². The maximum absolute atomic E-state index is 11.4. The summed E-state index contributed by atoms with van der Waals surface area (Å²) in [6.07, 6.45) is 2.94. The third kappa shape index (κ3) is 2.58. The second-order valence-electron chi connectivity index (χ2n) is 4.52. The average Bonchev–Trinajstić information content (AvgIpc) is 2.80. The van der Waals surface area contributed by atoms with Crippen LogP contribution in [-0.2, 0) is 4.79 Å². The van der Waals surface area contributed by atoms with Crippen LogP contribution in [0.4, 0.5) is 0 Å². The molecule has 0 spiro atoms. The van der Waals surface area contributed by atoms with E-state index in [1.54, 1.807) is 12.1 Å². The summed E-state index contributed by atoms with van der Waals surface area (Å²) in [6.45, 7) is 2.48. The molecule has 0 saturated heterocycles. The lowest BCUT2D eigenvalue weighted by atomic mass is 10.0. The molecule has 1 N–H and O–H groups in total. The van der Waals surface area contributed by atoms with Gasteiger partial charge in [-0.15, -0.1) is 0 Å². The van der Waals surface area contributed by atoms with E-state index in [0.717, 1.165) is 12.8 Å². The van der Waals surface area contributed by atoms with Gasteiger partial charge in [0.25, 0.3) is 0 Å². The summed E-state index contributed by atoms with van der Waals surface area (Å²) in [7, 11) is 0. The van der Waals surface area contributed by atoms with Gasteiger partial charge in [-0.1, -0.05) is 6.07 Å². The van der Waals surface area contributed by atoms with E-state index in [1.807, 2.05) is 19.1 Å². The van der Waals surface area contributed by atoms with Crippen molar-refractivity contribution in [1.29, 1.82) is 0 Å². The summed E-state index contributed by atoms with van der Waals surface area (Å²) in [6, 6.07) is 7.15. The first-order valence-electron chi connectivity index (χ1n) is 6.31. The lowest BCUT2D eigenvalue weighted by Gasteiger charge is -2.25. The van der Waals surface area contributed by atoms with Crippen LogP contribution >= 0.6 is 0 Å². The number of benzene rings is 1. The summed E-state index contributed by atoms with van der Waals surface area (Å²) in [5.41, 5.74) is -1.05. The third-order valence-corrected chi connectivity index (χ3v) is 3.23. The van der Waals surface area contributed by atoms with Crippen molar-refractivity contribution >= 4 is 5.97 Å². The maximum Gasteiger partial charge on any atom is 0.348 e. The molecular weight excluding hydrogens is 232 g/mol. The van der Waals surface area contributed by atoms with Crippen molar-refractivity contribution in [2.75, 3.05) is 6.61 Å². The Morgan fingerprint density at radius 1 is 1.33 bits per heavy atom. The van der Waals surface area contributed by atoms with Gasteiger partial charge in [0, 0.05) is 6.07 Å². The smallest absolute Gasteiger partial charge is 0.348 e. The van der Waals surface area contributed by atoms with Gasteiger partial charge >= 0.3 is 5.97 Å². The van der Waals surface area contributed by atoms with Crippen LogP contribution in [0.5, 0.6) is 11.5 Å². The van der Waals surface area contributed by atoms with Gasteiger partial charge in [-0.2, -0.15) is 0 Å². The van der Waals surface area contributed by atoms with Gasteiger partial charge in [-0.25, -0.2) is 4.79 Å². The zero-order valence-electron chi connectivity index (χ0n) is 10.5. The van der Waals surface area contributed by atoms with Crippen LogP contribution in [-0.4, -0.2) is 23.3 Å². The second-order valence-corrected chi connectivity index (χ2v) is 4.52. The van der Waals surface area contributed by atoms with Crippen LogP contribution in [0, 0.1) is 0 Å². The molecule has 1 aliphatic rings. The van der Waals surface area contributed by atoms with Crippen molar-refractivity contribution in [1.82, 2.24) is 0 Å². The Bertz CT molecular complexity index is 422. The molecule has 0 aromatic heterocycles. The molecule has 1 aromatic rings. The number of carbonyl (C=O) groups is 1. The zero-order chi connectivity index (χ0) is 13.0. The Labute approximate surface area is 107 Å². The van der Waals surface area contributed by atoms with Crippen LogP contribution in [0.3, 0.4) is 0 Å². The molecule has 1 saturated carbocycles. The molecule has 1 aliphatic carbocycles. The highest BCUT2D eigenvalue weighted by atomic mass is 16.5. The van der Waals surface area contributed by atoms with Gasteiger partial charge in [-0.05, 0) is 44.7 Å².